The molecule has 5 aliphatic rings. The van der Waals surface area contributed by atoms with E-state index in [0.29, 0.717) is 98.1 Å². The fraction of sp³-hybridized carbons (Fsp3) is 0.553. The standard InChI is InChI=1S/C47H58F2N14O5/c1-47(2,3)63-44-37(42(50)53-26-54-44)38(57-63)39-36(41(68-58-39)28-4-5-28)43-51-24-29(25-52-43)27-8-14-62(15-9-27)46(66)67-21-20-59-12-10-31(11-13-59)60-16-18-61(19-17-60)40-32(48)22-30(23-33(40)49)55-34-6-7-35(64)56-45(34)65/h22-28,31,34,55H,4-21H2,1-3H3,(H2,50,53,54)(H,56,64,65)/t34-/m1/s1. The van der Waals surface area contributed by atoms with Gasteiger partial charge in [-0.25, -0.2) is 38.2 Å². The van der Waals surface area contributed by atoms with E-state index in [4.69, 9.17) is 30.1 Å². The highest BCUT2D eigenvalue weighted by Crippen LogP contribution is 2.48. The summed E-state index contributed by atoms with van der Waals surface area (Å²) in [6, 6.07) is 2.06. The van der Waals surface area contributed by atoms with E-state index in [0.717, 1.165) is 62.9 Å². The van der Waals surface area contributed by atoms with Crippen LogP contribution in [-0.4, -0.2) is 145 Å². The van der Waals surface area contributed by atoms with Gasteiger partial charge in [0.25, 0.3) is 0 Å². The number of amides is 3. The second kappa shape index (κ2) is 18.6. The van der Waals surface area contributed by atoms with Gasteiger partial charge in [0.15, 0.2) is 28.9 Å². The third-order valence-corrected chi connectivity index (χ3v) is 14.1. The van der Waals surface area contributed by atoms with E-state index in [1.54, 1.807) is 9.80 Å². The number of hydrogen-bond acceptors (Lipinski definition) is 16. The van der Waals surface area contributed by atoms with Crippen molar-refractivity contribution in [1.82, 2.24) is 54.9 Å². The predicted molar refractivity (Wildman–Crippen MR) is 248 cm³/mol. The summed E-state index contributed by atoms with van der Waals surface area (Å²) in [6.07, 6.45) is 10.8. The van der Waals surface area contributed by atoms with Crippen molar-refractivity contribution in [2.45, 2.75) is 102 Å². The molecule has 0 radical (unpaired) electrons. The molecule has 5 aromatic rings. The molecule has 8 heterocycles. The molecule has 19 nitrogen and oxygen atoms in total. The summed E-state index contributed by atoms with van der Waals surface area (Å²) in [6.45, 7) is 12.4. The number of nitrogens with one attached hydrogen (secondary N) is 2. The average molecular weight is 937 g/mol. The minimum Gasteiger partial charge on any atom is -0.448 e. The van der Waals surface area contributed by atoms with E-state index in [1.165, 1.54) is 18.5 Å². The zero-order valence-corrected chi connectivity index (χ0v) is 38.7. The molecule has 360 valence electrons. The number of piperidine rings is 3. The monoisotopic (exact) mass is 936 g/mol. The van der Waals surface area contributed by atoms with Crippen LogP contribution in [0.3, 0.4) is 0 Å². The molecule has 4 aliphatic heterocycles. The second-order valence-corrected chi connectivity index (χ2v) is 19.7. The number of likely N-dealkylation sites (tertiary alicyclic amines) is 2. The molecule has 0 unspecified atom stereocenters. The number of imide groups is 1. The Morgan fingerprint density at radius 2 is 1.59 bits per heavy atom. The number of hydrogen-bond donors (Lipinski definition) is 3. The highest BCUT2D eigenvalue weighted by atomic mass is 19.1. The zero-order valence-electron chi connectivity index (χ0n) is 38.7. The molecule has 1 aromatic carbocycles. The lowest BCUT2D eigenvalue weighted by atomic mass is 9.91. The van der Waals surface area contributed by atoms with Crippen molar-refractivity contribution in [3.63, 3.8) is 0 Å². The lowest BCUT2D eigenvalue weighted by molar-refractivity contribution is -0.133. The van der Waals surface area contributed by atoms with Crippen LogP contribution < -0.4 is 21.3 Å². The third kappa shape index (κ3) is 9.29. The molecule has 5 fully saturated rings. The van der Waals surface area contributed by atoms with Gasteiger partial charge in [0.05, 0.1) is 16.5 Å². The summed E-state index contributed by atoms with van der Waals surface area (Å²) < 4.78 is 44.1. The molecule has 4 N–H and O–H groups in total. The molecule has 4 aromatic heterocycles. The maximum absolute atomic E-state index is 15.3. The Labute approximate surface area is 392 Å². The van der Waals surface area contributed by atoms with Gasteiger partial charge in [0.2, 0.25) is 11.8 Å². The lowest BCUT2D eigenvalue weighted by Gasteiger charge is -2.43. The largest absolute Gasteiger partial charge is 0.448 e. The quantitative estimate of drug-likeness (QED) is 0.144. The van der Waals surface area contributed by atoms with Gasteiger partial charge in [-0.15, -0.1) is 0 Å². The van der Waals surface area contributed by atoms with Crippen LogP contribution in [0.1, 0.15) is 95.3 Å². The number of carbonyl (C=O) groups is 3. The molecular weight excluding hydrogens is 879 g/mol. The number of nitrogen functional groups attached to an aromatic ring is 1. The van der Waals surface area contributed by atoms with E-state index in [9.17, 15) is 14.4 Å². The topological polar surface area (TPSA) is 219 Å². The Bertz CT molecular complexity index is 2650. The maximum Gasteiger partial charge on any atom is 0.409 e. The van der Waals surface area contributed by atoms with Crippen LogP contribution in [-0.2, 0) is 19.9 Å². The minimum atomic E-state index is -0.729. The Balaban J connectivity index is 0.669. The average Bonchev–Trinajstić information content (AvgIpc) is 3.94. The number of anilines is 3. The zero-order chi connectivity index (χ0) is 47.3. The molecule has 4 saturated heterocycles. The molecule has 0 spiro atoms. The van der Waals surface area contributed by atoms with Crippen LogP contribution in [0.25, 0.3) is 33.8 Å². The molecular formula is C47H58F2N14O5. The van der Waals surface area contributed by atoms with Gasteiger partial charge in [0.1, 0.15) is 41.9 Å². The molecule has 68 heavy (non-hydrogen) atoms. The van der Waals surface area contributed by atoms with E-state index >= 15 is 8.78 Å². The summed E-state index contributed by atoms with van der Waals surface area (Å²) in [7, 11) is 0. The van der Waals surface area contributed by atoms with Crippen LogP contribution in [0, 0.1) is 11.6 Å². The number of fused-ring (bicyclic) bond motifs is 1. The van der Waals surface area contributed by atoms with Gasteiger partial charge in [0, 0.05) is 82.3 Å². The first-order valence-corrected chi connectivity index (χ1v) is 23.8. The molecule has 0 bridgehead atoms. The SMILES string of the molecule is CC(C)(C)n1nc(-c2noc(C3CC3)c2-c2ncc(C3CCN(C(=O)OCCN4CCC(N5CCN(c6c(F)cc(N[C@@H]7CCC(=O)NC7=O)cc6F)CC5)CC4)CC3)cn2)c2c(N)ncnc21. The van der Waals surface area contributed by atoms with E-state index in [-0.39, 0.29) is 53.6 Å². The number of ether oxygens (including phenoxy) is 1. The summed E-state index contributed by atoms with van der Waals surface area (Å²) in [5.74, 6) is -0.258. The number of carbonyl (C=O) groups excluding carboxylic acids is 3. The number of nitrogens with zero attached hydrogens (tertiary/aromatic N) is 11. The van der Waals surface area contributed by atoms with Crippen LogP contribution in [0.5, 0.6) is 0 Å². The molecule has 21 heteroatoms. The van der Waals surface area contributed by atoms with Crippen molar-refractivity contribution in [3.8, 4) is 22.8 Å². The second-order valence-electron chi connectivity index (χ2n) is 19.7. The number of aromatic nitrogens is 7. The number of benzene rings is 1. The highest BCUT2D eigenvalue weighted by molar-refractivity contribution is 6.02. The van der Waals surface area contributed by atoms with E-state index in [2.05, 4.69) is 35.6 Å². The number of rotatable bonds is 11. The van der Waals surface area contributed by atoms with Crippen molar-refractivity contribution in [1.29, 1.82) is 0 Å². The molecule has 1 aliphatic carbocycles. The molecule has 1 saturated carbocycles. The van der Waals surface area contributed by atoms with Crippen molar-refractivity contribution in [3.05, 3.63) is 53.8 Å². The van der Waals surface area contributed by atoms with Crippen molar-refractivity contribution in [2.24, 2.45) is 0 Å². The first-order chi connectivity index (χ1) is 32.8. The molecule has 3 amide bonds. The smallest absolute Gasteiger partial charge is 0.409 e. The highest BCUT2D eigenvalue weighted by Gasteiger charge is 2.37. The van der Waals surface area contributed by atoms with Crippen molar-refractivity contribution >= 4 is 46.1 Å². The first-order valence-electron chi connectivity index (χ1n) is 23.8. The number of piperazine rings is 1. The van der Waals surface area contributed by atoms with Gasteiger partial charge < -0.3 is 30.1 Å². The summed E-state index contributed by atoms with van der Waals surface area (Å²) in [5, 5.41) is 15.2. The Hall–Kier alpha value is -6.35. The van der Waals surface area contributed by atoms with Crippen LogP contribution >= 0.6 is 0 Å². The maximum atomic E-state index is 15.3. The minimum absolute atomic E-state index is 0.0624. The lowest BCUT2D eigenvalue weighted by Crippen LogP contribution is -2.53. The summed E-state index contributed by atoms with van der Waals surface area (Å²) in [5.41, 5.74) is 9.50. The van der Waals surface area contributed by atoms with Gasteiger partial charge in [-0.3, -0.25) is 24.7 Å². The predicted octanol–water partition coefficient (Wildman–Crippen LogP) is 5.25. The molecule has 10 rings (SSSR count). The van der Waals surface area contributed by atoms with Crippen LogP contribution in [0.4, 0.5) is 30.8 Å². The Morgan fingerprint density at radius 3 is 2.25 bits per heavy atom. The summed E-state index contributed by atoms with van der Waals surface area (Å²) >= 11 is 0. The fourth-order valence-electron chi connectivity index (χ4n) is 10.1. The normalized spacial score (nSPS) is 20.6. The molecule has 1 atom stereocenters. The van der Waals surface area contributed by atoms with Crippen molar-refractivity contribution < 1.29 is 32.4 Å². The van der Waals surface area contributed by atoms with E-state index < -0.39 is 23.6 Å². The fourth-order valence-corrected chi connectivity index (χ4v) is 10.1. The number of nitrogens with two attached hydrogens (primary N) is 1. The third-order valence-electron chi connectivity index (χ3n) is 14.1. The summed E-state index contributed by atoms with van der Waals surface area (Å²) in [4.78, 5) is 63.5. The van der Waals surface area contributed by atoms with Gasteiger partial charge >= 0.3 is 6.09 Å². The van der Waals surface area contributed by atoms with Gasteiger partial charge in [-0.05, 0) is 102 Å². The van der Waals surface area contributed by atoms with E-state index in [1.807, 2.05) is 37.8 Å². The van der Waals surface area contributed by atoms with Crippen LogP contribution in [0.15, 0.2) is 35.4 Å². The van der Waals surface area contributed by atoms with Gasteiger partial charge in [-0.2, -0.15) is 5.10 Å². The van der Waals surface area contributed by atoms with Crippen LogP contribution in [0.2, 0.25) is 0 Å². The number of halogens is 2. The first kappa shape index (κ1) is 45.4. The Morgan fingerprint density at radius 1 is 0.882 bits per heavy atom. The van der Waals surface area contributed by atoms with Crippen molar-refractivity contribution in [2.75, 3.05) is 81.5 Å². The van der Waals surface area contributed by atoms with Gasteiger partial charge in [-0.1, -0.05) is 5.16 Å². The Kier molecular flexibility index (Phi) is 12.4.